The van der Waals surface area contributed by atoms with Gasteiger partial charge in [0.2, 0.25) is 6.41 Å². The molecule has 0 aromatic heterocycles. The molecule has 0 heterocycles. The Balaban J connectivity index is 3.19. The quantitative estimate of drug-likeness (QED) is 0.870. The van der Waals surface area contributed by atoms with Crippen molar-refractivity contribution < 1.29 is 22.8 Å². The zero-order valence-corrected chi connectivity index (χ0v) is 12.2. The number of amides is 3. The van der Waals surface area contributed by atoms with E-state index in [9.17, 15) is 22.8 Å². The monoisotopic (exact) mass is 302 g/mol. The summed E-state index contributed by atoms with van der Waals surface area (Å²) >= 11 is 0. The molecule has 1 N–H and O–H groups in total. The first-order valence-corrected chi connectivity index (χ1v) is 6.20. The zero-order valence-electron chi connectivity index (χ0n) is 12.2. The van der Waals surface area contributed by atoms with Crippen LogP contribution in [0.15, 0.2) is 18.2 Å². The van der Waals surface area contributed by atoms with Gasteiger partial charge < -0.3 is 5.32 Å². The summed E-state index contributed by atoms with van der Waals surface area (Å²) in [4.78, 5) is 23.6. The van der Waals surface area contributed by atoms with Crippen LogP contribution in [0.1, 0.15) is 33.3 Å². The van der Waals surface area contributed by atoms with Gasteiger partial charge in [-0.2, -0.15) is 0 Å². The van der Waals surface area contributed by atoms with Crippen molar-refractivity contribution in [3.8, 4) is 0 Å². The fraction of sp³-hybridized carbons (Fsp3) is 0.429. The molecule has 4 nitrogen and oxygen atoms in total. The van der Waals surface area contributed by atoms with Gasteiger partial charge in [-0.15, -0.1) is 0 Å². The van der Waals surface area contributed by atoms with Crippen molar-refractivity contribution in [2.24, 2.45) is 0 Å². The largest absolute Gasteiger partial charge is 0.333 e. The second-order valence-corrected chi connectivity index (χ2v) is 5.71. The average Bonchev–Trinajstić information content (AvgIpc) is 2.28. The van der Waals surface area contributed by atoms with Gasteiger partial charge in [0.25, 0.3) is 5.92 Å². The first kappa shape index (κ1) is 17.0. The Morgan fingerprint density at radius 2 is 1.81 bits per heavy atom. The van der Waals surface area contributed by atoms with Crippen LogP contribution >= 0.6 is 0 Å². The van der Waals surface area contributed by atoms with Crippen molar-refractivity contribution in [1.29, 1.82) is 0 Å². The van der Waals surface area contributed by atoms with Crippen LogP contribution in [0, 0.1) is 5.82 Å². The molecule has 0 saturated heterocycles. The summed E-state index contributed by atoms with van der Waals surface area (Å²) in [6.07, 6.45) is 0.186. The van der Waals surface area contributed by atoms with Crippen LogP contribution in [0.3, 0.4) is 0 Å². The predicted molar refractivity (Wildman–Crippen MR) is 72.8 cm³/mol. The van der Waals surface area contributed by atoms with Crippen LogP contribution in [0.5, 0.6) is 0 Å². The molecule has 0 aliphatic heterocycles. The fourth-order valence-corrected chi connectivity index (χ4v) is 1.61. The number of benzene rings is 1. The van der Waals surface area contributed by atoms with Crippen LogP contribution in [-0.2, 0) is 10.7 Å². The number of alkyl halides is 2. The van der Waals surface area contributed by atoms with Crippen LogP contribution in [0.4, 0.5) is 23.7 Å². The van der Waals surface area contributed by atoms with Gasteiger partial charge in [0, 0.05) is 12.5 Å². The molecule has 1 aromatic rings. The summed E-state index contributed by atoms with van der Waals surface area (Å²) in [5, 5.41) is 2.52. The molecule has 0 unspecified atom stereocenters. The molecule has 0 saturated carbocycles. The molecule has 21 heavy (non-hydrogen) atoms. The molecule has 0 spiro atoms. The van der Waals surface area contributed by atoms with Crippen molar-refractivity contribution >= 4 is 18.1 Å². The van der Waals surface area contributed by atoms with Gasteiger partial charge in [-0.1, -0.05) is 0 Å². The Kier molecular flexibility index (Phi) is 4.65. The summed E-state index contributed by atoms with van der Waals surface area (Å²) in [6.45, 7) is 5.63. The maximum absolute atomic E-state index is 13.4. The highest BCUT2D eigenvalue weighted by Gasteiger charge is 2.30. The van der Waals surface area contributed by atoms with Gasteiger partial charge in [0.05, 0.1) is 11.3 Å². The molecule has 0 aliphatic rings. The number of hydrogen-bond acceptors (Lipinski definition) is 2. The predicted octanol–water partition coefficient (Wildman–Crippen LogP) is 3.41. The van der Waals surface area contributed by atoms with E-state index in [-0.39, 0.29) is 12.1 Å². The molecule has 7 heteroatoms. The number of nitrogens with one attached hydrogen (secondary N) is 1. The van der Waals surface area contributed by atoms with E-state index >= 15 is 0 Å². The number of carbonyl (C=O) groups excluding carboxylic acids is 2. The molecule has 0 aliphatic carbocycles. The summed E-state index contributed by atoms with van der Waals surface area (Å²) in [7, 11) is 0. The maximum Gasteiger partial charge on any atom is 0.328 e. The minimum atomic E-state index is -3.42. The Morgan fingerprint density at radius 3 is 2.24 bits per heavy atom. The van der Waals surface area contributed by atoms with E-state index in [1.807, 2.05) is 0 Å². The number of imide groups is 1. The molecule has 0 radical (unpaired) electrons. The Bertz CT molecular complexity index is 548. The van der Waals surface area contributed by atoms with E-state index in [1.54, 1.807) is 20.8 Å². The van der Waals surface area contributed by atoms with Crippen LogP contribution in [-0.4, -0.2) is 18.0 Å². The van der Waals surface area contributed by atoms with Crippen molar-refractivity contribution in [3.05, 3.63) is 29.6 Å². The Labute approximate surface area is 120 Å². The van der Waals surface area contributed by atoms with Gasteiger partial charge in [0.1, 0.15) is 5.82 Å². The SMILES string of the molecule is CC(C)(C)NC(=O)N(C=O)c1ccc(F)c(C(C)(F)F)c1. The summed E-state index contributed by atoms with van der Waals surface area (Å²) in [6, 6.07) is 1.88. The fourth-order valence-electron chi connectivity index (χ4n) is 1.61. The van der Waals surface area contributed by atoms with Crippen molar-refractivity contribution in [3.63, 3.8) is 0 Å². The highest BCUT2D eigenvalue weighted by atomic mass is 19.3. The third-order valence-electron chi connectivity index (χ3n) is 2.51. The van der Waals surface area contributed by atoms with Gasteiger partial charge >= 0.3 is 6.03 Å². The lowest BCUT2D eigenvalue weighted by atomic mass is 10.1. The van der Waals surface area contributed by atoms with E-state index < -0.39 is 28.9 Å². The Morgan fingerprint density at radius 1 is 1.24 bits per heavy atom. The molecule has 1 rings (SSSR count). The van der Waals surface area contributed by atoms with Gasteiger partial charge in [0.15, 0.2) is 0 Å². The van der Waals surface area contributed by atoms with E-state index in [2.05, 4.69) is 5.32 Å². The second kappa shape index (κ2) is 5.75. The summed E-state index contributed by atoms with van der Waals surface area (Å²) in [5.74, 6) is -4.52. The van der Waals surface area contributed by atoms with Crippen molar-refractivity contribution in [2.75, 3.05) is 4.90 Å². The van der Waals surface area contributed by atoms with Crippen molar-refractivity contribution in [2.45, 2.75) is 39.2 Å². The number of urea groups is 1. The second-order valence-electron chi connectivity index (χ2n) is 5.71. The third-order valence-corrected chi connectivity index (χ3v) is 2.51. The molecule has 0 bridgehead atoms. The van der Waals surface area contributed by atoms with Gasteiger partial charge in [-0.25, -0.2) is 22.9 Å². The lowest BCUT2D eigenvalue weighted by Crippen LogP contribution is -2.48. The maximum atomic E-state index is 13.4. The normalized spacial score (nSPS) is 12.0. The van der Waals surface area contributed by atoms with E-state index in [0.717, 1.165) is 18.2 Å². The van der Waals surface area contributed by atoms with Crippen LogP contribution < -0.4 is 10.2 Å². The number of hydrogen-bond donors (Lipinski definition) is 1. The van der Waals surface area contributed by atoms with Gasteiger partial charge in [-0.3, -0.25) is 4.79 Å². The molecule has 1 aromatic carbocycles. The summed E-state index contributed by atoms with van der Waals surface area (Å²) < 4.78 is 40.0. The molecule has 0 fully saturated rings. The highest BCUT2D eigenvalue weighted by molar-refractivity contribution is 6.06. The number of carbonyl (C=O) groups is 2. The first-order chi connectivity index (χ1) is 9.45. The van der Waals surface area contributed by atoms with Crippen LogP contribution in [0.25, 0.3) is 0 Å². The number of anilines is 1. The zero-order chi connectivity index (χ0) is 16.4. The average molecular weight is 302 g/mol. The molecule has 116 valence electrons. The lowest BCUT2D eigenvalue weighted by Gasteiger charge is -2.25. The standard InChI is InChI=1S/C14H17F3N2O2/c1-13(2,3)18-12(21)19(8-20)9-5-6-11(15)10(7-9)14(4,16)17/h5-8H,1-4H3,(H,18,21). The molecule has 3 amide bonds. The number of rotatable bonds is 3. The molecule has 0 atom stereocenters. The highest BCUT2D eigenvalue weighted by Crippen LogP contribution is 2.32. The molecular formula is C14H17F3N2O2. The minimum absolute atomic E-state index is 0.135. The summed E-state index contributed by atoms with van der Waals surface area (Å²) in [5.41, 5.74) is -1.63. The smallest absolute Gasteiger partial charge is 0.328 e. The van der Waals surface area contributed by atoms with E-state index in [1.165, 1.54) is 0 Å². The van der Waals surface area contributed by atoms with Crippen LogP contribution in [0.2, 0.25) is 0 Å². The third kappa shape index (κ3) is 4.47. The Hall–Kier alpha value is -2.05. The number of halogens is 3. The van der Waals surface area contributed by atoms with Gasteiger partial charge in [-0.05, 0) is 39.0 Å². The van der Waals surface area contributed by atoms with E-state index in [0.29, 0.717) is 11.8 Å². The topological polar surface area (TPSA) is 49.4 Å². The number of nitrogens with zero attached hydrogens (tertiary/aromatic N) is 1. The van der Waals surface area contributed by atoms with Crippen molar-refractivity contribution in [1.82, 2.24) is 5.32 Å². The minimum Gasteiger partial charge on any atom is -0.333 e. The molecular weight excluding hydrogens is 285 g/mol. The lowest BCUT2D eigenvalue weighted by molar-refractivity contribution is -0.106. The van der Waals surface area contributed by atoms with E-state index in [4.69, 9.17) is 0 Å². The first-order valence-electron chi connectivity index (χ1n) is 6.20.